The van der Waals surface area contributed by atoms with Crippen LogP contribution in [-0.2, 0) is 4.43 Å². The van der Waals surface area contributed by atoms with Gasteiger partial charge in [0, 0.05) is 23.0 Å². The summed E-state index contributed by atoms with van der Waals surface area (Å²) in [4.78, 5) is 8.37. The standard InChI is InChI=1S/C7H6IN3/c8-4-6-5-11-3-1-2-9-7(11)10-6/h1-3,5H,4H2. The van der Waals surface area contributed by atoms with Gasteiger partial charge in [-0.3, -0.25) is 4.40 Å². The topological polar surface area (TPSA) is 30.2 Å². The Bertz CT molecular complexity index is 335. The van der Waals surface area contributed by atoms with Crippen molar-refractivity contribution in [2.45, 2.75) is 4.43 Å². The first-order valence-electron chi connectivity index (χ1n) is 3.25. The van der Waals surface area contributed by atoms with E-state index in [4.69, 9.17) is 0 Å². The van der Waals surface area contributed by atoms with Crippen LogP contribution in [0.15, 0.2) is 24.7 Å². The number of hydrogen-bond donors (Lipinski definition) is 0. The molecule has 4 heteroatoms. The third kappa shape index (κ3) is 1.22. The summed E-state index contributed by atoms with van der Waals surface area (Å²) in [5.74, 6) is 0.777. The van der Waals surface area contributed by atoms with Crippen LogP contribution in [0.5, 0.6) is 0 Å². The van der Waals surface area contributed by atoms with Gasteiger partial charge in [-0.15, -0.1) is 0 Å². The Morgan fingerprint density at radius 2 is 2.45 bits per heavy atom. The summed E-state index contributed by atoms with van der Waals surface area (Å²) >= 11 is 2.28. The predicted octanol–water partition coefficient (Wildman–Crippen LogP) is 1.66. The third-order valence-corrected chi connectivity index (χ3v) is 2.20. The molecule has 0 atom stereocenters. The van der Waals surface area contributed by atoms with Gasteiger partial charge in [0.25, 0.3) is 0 Å². The lowest BCUT2D eigenvalue weighted by Gasteiger charge is -1.85. The zero-order valence-electron chi connectivity index (χ0n) is 5.74. The molecule has 0 unspecified atom stereocenters. The number of rotatable bonds is 1. The second kappa shape index (κ2) is 2.77. The Kier molecular flexibility index (Phi) is 1.77. The predicted molar refractivity (Wildman–Crippen MR) is 50.7 cm³/mol. The molecule has 0 bridgehead atoms. The second-order valence-corrected chi connectivity index (χ2v) is 2.96. The first-order chi connectivity index (χ1) is 5.40. The molecule has 2 heterocycles. The van der Waals surface area contributed by atoms with Gasteiger partial charge < -0.3 is 0 Å². The van der Waals surface area contributed by atoms with Crippen LogP contribution < -0.4 is 0 Å². The smallest absolute Gasteiger partial charge is 0.233 e. The van der Waals surface area contributed by atoms with E-state index in [9.17, 15) is 0 Å². The fourth-order valence-electron chi connectivity index (χ4n) is 0.944. The van der Waals surface area contributed by atoms with Crippen molar-refractivity contribution in [2.75, 3.05) is 0 Å². The molecule has 2 aromatic rings. The monoisotopic (exact) mass is 259 g/mol. The second-order valence-electron chi connectivity index (χ2n) is 2.19. The summed E-state index contributed by atoms with van der Waals surface area (Å²) in [6.45, 7) is 0. The third-order valence-electron chi connectivity index (χ3n) is 1.42. The number of halogens is 1. The van der Waals surface area contributed by atoms with Gasteiger partial charge in [0.1, 0.15) is 0 Å². The van der Waals surface area contributed by atoms with Crippen molar-refractivity contribution < 1.29 is 0 Å². The normalized spacial score (nSPS) is 10.6. The average Bonchev–Trinajstić information content (AvgIpc) is 2.46. The largest absolute Gasteiger partial charge is 0.291 e. The molecule has 0 N–H and O–H groups in total. The summed E-state index contributed by atoms with van der Waals surface area (Å²) in [7, 11) is 0. The summed E-state index contributed by atoms with van der Waals surface area (Å²) in [6, 6.07) is 1.89. The first kappa shape index (κ1) is 7.02. The molecule has 0 aromatic carbocycles. The summed E-state index contributed by atoms with van der Waals surface area (Å²) in [6.07, 6.45) is 5.69. The van der Waals surface area contributed by atoms with Crippen LogP contribution in [0.2, 0.25) is 0 Å². The minimum absolute atomic E-state index is 0.777. The zero-order chi connectivity index (χ0) is 7.68. The Balaban J connectivity index is 2.69. The summed E-state index contributed by atoms with van der Waals surface area (Å²) in [5.41, 5.74) is 1.07. The van der Waals surface area contributed by atoms with E-state index >= 15 is 0 Å². The Labute approximate surface area is 77.6 Å². The Hall–Kier alpha value is -0.650. The lowest BCUT2D eigenvalue weighted by atomic mass is 10.6. The highest BCUT2D eigenvalue weighted by Crippen LogP contribution is 2.05. The maximum absolute atomic E-state index is 4.28. The minimum atomic E-state index is 0.777. The highest BCUT2D eigenvalue weighted by molar-refractivity contribution is 14.1. The maximum atomic E-state index is 4.28. The number of nitrogens with zero attached hydrogens (tertiary/aromatic N) is 3. The van der Waals surface area contributed by atoms with E-state index in [-0.39, 0.29) is 0 Å². The fraction of sp³-hybridized carbons (Fsp3) is 0.143. The molecule has 0 fully saturated rings. The van der Waals surface area contributed by atoms with E-state index in [0.29, 0.717) is 0 Å². The van der Waals surface area contributed by atoms with Gasteiger partial charge in [-0.2, -0.15) is 0 Å². The van der Waals surface area contributed by atoms with Crippen molar-refractivity contribution in [1.82, 2.24) is 14.4 Å². The Morgan fingerprint density at radius 1 is 1.55 bits per heavy atom. The van der Waals surface area contributed by atoms with Gasteiger partial charge in [0.05, 0.1) is 5.69 Å². The van der Waals surface area contributed by atoms with E-state index in [1.807, 2.05) is 22.9 Å². The molecule has 0 aliphatic carbocycles. The van der Waals surface area contributed by atoms with Gasteiger partial charge in [-0.25, -0.2) is 9.97 Å². The van der Waals surface area contributed by atoms with Crippen molar-refractivity contribution >= 4 is 28.4 Å². The highest BCUT2D eigenvalue weighted by Gasteiger charge is 1.97. The first-order valence-corrected chi connectivity index (χ1v) is 4.77. The minimum Gasteiger partial charge on any atom is -0.291 e. The van der Waals surface area contributed by atoms with Crippen LogP contribution in [-0.4, -0.2) is 14.4 Å². The molecule has 3 nitrogen and oxygen atoms in total. The lowest BCUT2D eigenvalue weighted by molar-refractivity contribution is 1.11. The van der Waals surface area contributed by atoms with Crippen LogP contribution in [0.4, 0.5) is 0 Å². The number of aromatic nitrogens is 3. The molecule has 0 spiro atoms. The molecule has 0 aliphatic rings. The summed E-state index contributed by atoms with van der Waals surface area (Å²) < 4.78 is 2.86. The van der Waals surface area contributed by atoms with Gasteiger partial charge in [0.15, 0.2) is 0 Å². The van der Waals surface area contributed by atoms with Crippen molar-refractivity contribution in [3.05, 3.63) is 30.4 Å². The van der Waals surface area contributed by atoms with E-state index in [0.717, 1.165) is 15.9 Å². The fourth-order valence-corrected chi connectivity index (χ4v) is 1.31. The zero-order valence-corrected chi connectivity index (χ0v) is 7.89. The van der Waals surface area contributed by atoms with Gasteiger partial charge in [-0.1, -0.05) is 22.6 Å². The molecule has 2 rings (SSSR count). The average molecular weight is 259 g/mol. The molecule has 0 saturated heterocycles. The highest BCUT2D eigenvalue weighted by atomic mass is 127. The lowest BCUT2D eigenvalue weighted by Crippen LogP contribution is -1.82. The van der Waals surface area contributed by atoms with Crippen LogP contribution in [0.25, 0.3) is 5.78 Å². The molecule has 0 aliphatic heterocycles. The number of fused-ring (bicyclic) bond motifs is 1. The van der Waals surface area contributed by atoms with Gasteiger partial charge >= 0.3 is 0 Å². The van der Waals surface area contributed by atoms with E-state index in [1.165, 1.54) is 0 Å². The van der Waals surface area contributed by atoms with Crippen molar-refractivity contribution in [2.24, 2.45) is 0 Å². The van der Waals surface area contributed by atoms with Gasteiger partial charge in [0.2, 0.25) is 5.78 Å². The van der Waals surface area contributed by atoms with E-state index in [2.05, 4.69) is 32.6 Å². The molecule has 0 amide bonds. The number of imidazole rings is 1. The molecule has 0 radical (unpaired) electrons. The quantitative estimate of drug-likeness (QED) is 0.576. The van der Waals surface area contributed by atoms with Crippen molar-refractivity contribution in [3.8, 4) is 0 Å². The molecule has 0 saturated carbocycles. The molecule has 2 aromatic heterocycles. The molecule has 56 valence electrons. The van der Waals surface area contributed by atoms with E-state index in [1.54, 1.807) is 6.20 Å². The van der Waals surface area contributed by atoms with Crippen molar-refractivity contribution in [1.29, 1.82) is 0 Å². The maximum Gasteiger partial charge on any atom is 0.233 e. The van der Waals surface area contributed by atoms with Gasteiger partial charge in [-0.05, 0) is 6.07 Å². The van der Waals surface area contributed by atoms with Crippen molar-refractivity contribution in [3.63, 3.8) is 0 Å². The van der Waals surface area contributed by atoms with Crippen LogP contribution in [0.1, 0.15) is 5.69 Å². The van der Waals surface area contributed by atoms with Crippen LogP contribution >= 0.6 is 22.6 Å². The SMILES string of the molecule is ICc1cn2cccnc2n1. The number of hydrogen-bond acceptors (Lipinski definition) is 2. The molecular weight excluding hydrogens is 253 g/mol. The van der Waals surface area contributed by atoms with E-state index < -0.39 is 0 Å². The number of alkyl halides is 1. The summed E-state index contributed by atoms with van der Waals surface area (Å²) in [5, 5.41) is 0. The Morgan fingerprint density at radius 3 is 3.18 bits per heavy atom. The van der Waals surface area contributed by atoms with Crippen LogP contribution in [0, 0.1) is 0 Å². The van der Waals surface area contributed by atoms with Crippen LogP contribution in [0.3, 0.4) is 0 Å². The molecular formula is C7H6IN3. The molecule has 11 heavy (non-hydrogen) atoms.